The van der Waals surface area contributed by atoms with Gasteiger partial charge < -0.3 is 5.11 Å². The number of carbonyl (C=O) groups excluding carboxylic acids is 1. The van der Waals surface area contributed by atoms with Gasteiger partial charge >= 0.3 is 0 Å². The van der Waals surface area contributed by atoms with Gasteiger partial charge in [-0.05, 0) is 29.8 Å². The molecule has 0 aliphatic carbocycles. The summed E-state index contributed by atoms with van der Waals surface area (Å²) >= 11 is 9.06. The van der Waals surface area contributed by atoms with E-state index in [0.717, 1.165) is 0 Å². The van der Waals surface area contributed by atoms with Gasteiger partial charge in [0.2, 0.25) is 5.91 Å². The van der Waals surface area contributed by atoms with Crippen LogP contribution in [0.4, 0.5) is 4.39 Å². The Kier molecular flexibility index (Phi) is 5.51. The molecule has 0 bridgehead atoms. The SMILES string of the molecule is O=C(Cc1ccc(F)cc1)N/N=C\c1cc(Br)cc(Cl)c1O. The molecule has 7 heteroatoms. The Morgan fingerprint density at radius 3 is 2.73 bits per heavy atom. The highest BCUT2D eigenvalue weighted by atomic mass is 79.9. The largest absolute Gasteiger partial charge is 0.506 e. The van der Waals surface area contributed by atoms with E-state index in [4.69, 9.17) is 11.6 Å². The number of halogens is 3. The van der Waals surface area contributed by atoms with Gasteiger partial charge in [0.25, 0.3) is 0 Å². The Morgan fingerprint density at radius 2 is 2.05 bits per heavy atom. The lowest BCUT2D eigenvalue weighted by Gasteiger charge is -2.03. The maximum atomic E-state index is 12.8. The summed E-state index contributed by atoms with van der Waals surface area (Å²) in [7, 11) is 0. The van der Waals surface area contributed by atoms with E-state index < -0.39 is 0 Å². The number of hydrogen-bond acceptors (Lipinski definition) is 3. The van der Waals surface area contributed by atoms with Crippen molar-refractivity contribution in [3.8, 4) is 5.75 Å². The highest BCUT2D eigenvalue weighted by Gasteiger charge is 2.06. The maximum Gasteiger partial charge on any atom is 0.244 e. The molecule has 0 aliphatic heterocycles. The van der Waals surface area contributed by atoms with E-state index in [0.29, 0.717) is 15.6 Å². The molecule has 0 spiro atoms. The number of amides is 1. The number of phenols is 1. The zero-order valence-corrected chi connectivity index (χ0v) is 13.5. The van der Waals surface area contributed by atoms with E-state index in [1.54, 1.807) is 12.1 Å². The van der Waals surface area contributed by atoms with E-state index >= 15 is 0 Å². The molecule has 2 N–H and O–H groups in total. The molecule has 0 radical (unpaired) electrons. The molecule has 2 aromatic rings. The van der Waals surface area contributed by atoms with Gasteiger partial charge in [-0.2, -0.15) is 5.10 Å². The number of hydrazone groups is 1. The molecule has 0 fully saturated rings. The van der Waals surface area contributed by atoms with Crippen LogP contribution in [0.25, 0.3) is 0 Å². The fourth-order valence-corrected chi connectivity index (χ4v) is 2.52. The van der Waals surface area contributed by atoms with Gasteiger partial charge in [-0.15, -0.1) is 0 Å². The van der Waals surface area contributed by atoms with E-state index in [2.05, 4.69) is 26.5 Å². The average molecular weight is 386 g/mol. The van der Waals surface area contributed by atoms with E-state index in [-0.39, 0.29) is 28.9 Å². The zero-order chi connectivity index (χ0) is 16.1. The van der Waals surface area contributed by atoms with Gasteiger partial charge in [-0.3, -0.25) is 4.79 Å². The first-order chi connectivity index (χ1) is 10.5. The van der Waals surface area contributed by atoms with Crippen LogP contribution >= 0.6 is 27.5 Å². The normalized spacial score (nSPS) is 10.9. The van der Waals surface area contributed by atoms with Crippen LogP contribution in [0, 0.1) is 5.82 Å². The minimum absolute atomic E-state index is 0.0723. The molecule has 0 unspecified atom stereocenters. The summed E-state index contributed by atoms with van der Waals surface area (Å²) in [5.74, 6) is -0.839. The molecule has 22 heavy (non-hydrogen) atoms. The first kappa shape index (κ1) is 16.5. The lowest BCUT2D eigenvalue weighted by Crippen LogP contribution is -2.19. The van der Waals surface area contributed by atoms with Crippen LogP contribution < -0.4 is 5.43 Å². The number of aromatic hydroxyl groups is 1. The van der Waals surface area contributed by atoms with Crippen LogP contribution in [-0.4, -0.2) is 17.2 Å². The van der Waals surface area contributed by atoms with Crippen molar-refractivity contribution in [2.24, 2.45) is 5.10 Å². The summed E-state index contributed by atoms with van der Waals surface area (Å²) in [5, 5.41) is 13.7. The number of nitrogens with zero attached hydrogens (tertiary/aromatic N) is 1. The van der Waals surface area contributed by atoms with Crippen LogP contribution in [0.3, 0.4) is 0 Å². The van der Waals surface area contributed by atoms with Gasteiger partial charge in [0.15, 0.2) is 0 Å². The van der Waals surface area contributed by atoms with Gasteiger partial charge in [0.05, 0.1) is 17.7 Å². The highest BCUT2D eigenvalue weighted by molar-refractivity contribution is 9.10. The molecule has 2 aromatic carbocycles. The third kappa shape index (κ3) is 4.54. The Morgan fingerprint density at radius 1 is 1.36 bits per heavy atom. The van der Waals surface area contributed by atoms with Crippen molar-refractivity contribution in [2.75, 3.05) is 0 Å². The van der Waals surface area contributed by atoms with Crippen molar-refractivity contribution in [1.82, 2.24) is 5.43 Å². The van der Waals surface area contributed by atoms with Gasteiger partial charge in [0, 0.05) is 10.0 Å². The predicted octanol–water partition coefficient (Wildman–Crippen LogP) is 3.64. The first-order valence-corrected chi connectivity index (χ1v) is 7.37. The lowest BCUT2D eigenvalue weighted by atomic mass is 10.1. The van der Waals surface area contributed by atoms with Crippen molar-refractivity contribution in [2.45, 2.75) is 6.42 Å². The highest BCUT2D eigenvalue weighted by Crippen LogP contribution is 2.30. The predicted molar refractivity (Wildman–Crippen MR) is 86.7 cm³/mol. The molecule has 0 aliphatic rings. The number of rotatable bonds is 4. The standard InChI is InChI=1S/C15H11BrClFN2O2/c16-11-6-10(15(22)13(17)7-11)8-19-20-14(21)5-9-1-3-12(18)4-2-9/h1-4,6-8,22H,5H2,(H,20,21)/b19-8-. The first-order valence-electron chi connectivity index (χ1n) is 6.20. The summed E-state index contributed by atoms with van der Waals surface area (Å²) in [6.45, 7) is 0. The average Bonchev–Trinajstić information content (AvgIpc) is 2.46. The van der Waals surface area contributed by atoms with E-state index in [9.17, 15) is 14.3 Å². The molecular formula is C15H11BrClFN2O2. The molecule has 0 atom stereocenters. The number of nitrogens with one attached hydrogen (secondary N) is 1. The maximum absolute atomic E-state index is 12.8. The molecule has 0 heterocycles. The lowest BCUT2D eigenvalue weighted by molar-refractivity contribution is -0.120. The minimum atomic E-state index is -0.358. The molecule has 0 saturated carbocycles. The summed E-state index contributed by atoms with van der Waals surface area (Å²) in [6.07, 6.45) is 1.36. The van der Waals surface area contributed by atoms with Crippen LogP contribution in [0.1, 0.15) is 11.1 Å². The molecule has 2 rings (SSSR count). The summed E-state index contributed by atoms with van der Waals surface area (Å²) in [6, 6.07) is 8.77. The van der Waals surface area contributed by atoms with Crippen molar-refractivity contribution < 1.29 is 14.3 Å². The third-order valence-corrected chi connectivity index (χ3v) is 3.47. The Hall–Kier alpha value is -1.92. The second-order valence-electron chi connectivity index (χ2n) is 4.42. The van der Waals surface area contributed by atoms with Crippen LogP contribution in [0.2, 0.25) is 5.02 Å². The van der Waals surface area contributed by atoms with Gasteiger partial charge in [-0.1, -0.05) is 39.7 Å². The Labute approximate surface area is 139 Å². The van der Waals surface area contributed by atoms with Crippen molar-refractivity contribution in [3.63, 3.8) is 0 Å². The van der Waals surface area contributed by atoms with Crippen molar-refractivity contribution in [3.05, 3.63) is 62.8 Å². The molecule has 114 valence electrons. The van der Waals surface area contributed by atoms with E-state index in [1.165, 1.54) is 30.5 Å². The zero-order valence-electron chi connectivity index (χ0n) is 11.2. The summed E-state index contributed by atoms with van der Waals surface area (Å²) in [5.41, 5.74) is 3.36. The minimum Gasteiger partial charge on any atom is -0.506 e. The molecule has 0 aromatic heterocycles. The smallest absolute Gasteiger partial charge is 0.244 e. The molecule has 0 saturated heterocycles. The number of phenolic OH excluding ortho intramolecular Hbond substituents is 1. The van der Waals surface area contributed by atoms with Gasteiger partial charge in [-0.25, -0.2) is 9.82 Å². The second kappa shape index (κ2) is 7.38. The van der Waals surface area contributed by atoms with Gasteiger partial charge in [0.1, 0.15) is 11.6 Å². The second-order valence-corrected chi connectivity index (χ2v) is 5.74. The molecule has 4 nitrogen and oxygen atoms in total. The quantitative estimate of drug-likeness (QED) is 0.623. The third-order valence-electron chi connectivity index (χ3n) is 2.73. The van der Waals surface area contributed by atoms with Crippen LogP contribution in [0.15, 0.2) is 46.0 Å². The molecular weight excluding hydrogens is 375 g/mol. The number of hydrogen-bond donors (Lipinski definition) is 2. The van der Waals surface area contributed by atoms with Crippen LogP contribution in [0.5, 0.6) is 5.75 Å². The van der Waals surface area contributed by atoms with Crippen molar-refractivity contribution >= 4 is 39.7 Å². The van der Waals surface area contributed by atoms with Crippen molar-refractivity contribution in [1.29, 1.82) is 0 Å². The fourth-order valence-electron chi connectivity index (χ4n) is 1.69. The van der Waals surface area contributed by atoms with Crippen LogP contribution in [-0.2, 0) is 11.2 Å². The van der Waals surface area contributed by atoms with E-state index in [1.807, 2.05) is 0 Å². The molecule has 1 amide bonds. The Balaban J connectivity index is 1.97. The number of benzene rings is 2. The topological polar surface area (TPSA) is 61.7 Å². The summed E-state index contributed by atoms with van der Waals surface area (Å²) < 4.78 is 13.4. The number of carbonyl (C=O) groups is 1. The monoisotopic (exact) mass is 384 g/mol. The Bertz CT molecular complexity index is 720. The summed E-state index contributed by atoms with van der Waals surface area (Å²) in [4.78, 5) is 11.7. The fraction of sp³-hybridized carbons (Fsp3) is 0.0667.